The van der Waals surface area contributed by atoms with Crippen molar-refractivity contribution in [3.63, 3.8) is 0 Å². The van der Waals surface area contributed by atoms with Crippen molar-refractivity contribution < 1.29 is 22.7 Å². The smallest absolute Gasteiger partial charge is 0.406 e. The number of alkyl halides is 3. The van der Waals surface area contributed by atoms with Crippen molar-refractivity contribution in [1.82, 2.24) is 9.97 Å². The van der Waals surface area contributed by atoms with E-state index in [4.69, 9.17) is 5.73 Å². The van der Waals surface area contributed by atoms with E-state index in [1.165, 1.54) is 30.5 Å². The van der Waals surface area contributed by atoms with Crippen molar-refractivity contribution in [1.29, 1.82) is 0 Å². The van der Waals surface area contributed by atoms with E-state index in [9.17, 15) is 18.0 Å². The van der Waals surface area contributed by atoms with E-state index in [1.54, 1.807) is 30.3 Å². The lowest BCUT2D eigenvalue weighted by molar-refractivity contribution is -0.274. The Hall–Kier alpha value is -3.62. The molecule has 0 saturated carbocycles. The van der Waals surface area contributed by atoms with Crippen LogP contribution in [0.5, 0.6) is 5.75 Å². The highest BCUT2D eigenvalue weighted by molar-refractivity contribution is 5.94. The third kappa shape index (κ3) is 4.94. The van der Waals surface area contributed by atoms with Gasteiger partial charge in [0.05, 0.1) is 5.69 Å². The number of halogens is 3. The highest BCUT2D eigenvalue weighted by Crippen LogP contribution is 2.25. The summed E-state index contributed by atoms with van der Waals surface area (Å²) in [6, 6.07) is 13.5. The van der Waals surface area contributed by atoms with Crippen molar-refractivity contribution in [2.45, 2.75) is 6.36 Å². The molecule has 0 unspecified atom stereocenters. The van der Waals surface area contributed by atoms with E-state index in [0.29, 0.717) is 22.5 Å². The molecule has 0 aliphatic carbocycles. The molecule has 3 aromatic rings. The van der Waals surface area contributed by atoms with Crippen LogP contribution in [-0.4, -0.2) is 22.2 Å². The Bertz CT molecular complexity index is 959. The van der Waals surface area contributed by atoms with Crippen LogP contribution in [0.15, 0.2) is 60.8 Å². The first kappa shape index (κ1) is 18.2. The summed E-state index contributed by atoms with van der Waals surface area (Å²) in [5.74, 6) is -0.641. The molecule has 1 amide bonds. The second-order valence-electron chi connectivity index (χ2n) is 5.41. The summed E-state index contributed by atoms with van der Waals surface area (Å²) in [5.41, 5.74) is 7.33. The molecule has 3 N–H and O–H groups in total. The van der Waals surface area contributed by atoms with Crippen LogP contribution in [0.25, 0.3) is 11.3 Å². The summed E-state index contributed by atoms with van der Waals surface area (Å²) in [6.07, 6.45) is -3.23. The third-order valence-electron chi connectivity index (χ3n) is 3.44. The molecule has 0 spiro atoms. The van der Waals surface area contributed by atoms with Crippen LogP contribution < -0.4 is 15.8 Å². The van der Waals surface area contributed by atoms with Gasteiger partial charge in [-0.05, 0) is 42.5 Å². The van der Waals surface area contributed by atoms with E-state index in [2.05, 4.69) is 20.0 Å². The summed E-state index contributed by atoms with van der Waals surface area (Å²) in [4.78, 5) is 19.7. The zero-order valence-electron chi connectivity index (χ0n) is 13.7. The lowest BCUT2D eigenvalue weighted by Gasteiger charge is -2.10. The Morgan fingerprint density at radius 1 is 1.07 bits per heavy atom. The predicted octanol–water partition coefficient (Wildman–Crippen LogP) is 3.88. The molecule has 0 fully saturated rings. The van der Waals surface area contributed by atoms with Crippen LogP contribution in [0.1, 0.15) is 10.4 Å². The molecule has 0 aliphatic rings. The minimum Gasteiger partial charge on any atom is -0.406 e. The minimum absolute atomic E-state index is 0.237. The number of nitrogens with zero attached hydrogens (tertiary/aromatic N) is 2. The van der Waals surface area contributed by atoms with Crippen LogP contribution in [0, 0.1) is 0 Å². The van der Waals surface area contributed by atoms with Gasteiger partial charge in [0.1, 0.15) is 5.75 Å². The van der Waals surface area contributed by atoms with Crippen molar-refractivity contribution in [3.8, 4) is 17.0 Å². The molecular weight excluding hydrogens is 361 g/mol. The number of ether oxygens (including phenoxy) is 1. The van der Waals surface area contributed by atoms with Gasteiger partial charge in [0, 0.05) is 23.0 Å². The van der Waals surface area contributed by atoms with E-state index >= 15 is 0 Å². The molecule has 0 aliphatic heterocycles. The van der Waals surface area contributed by atoms with Crippen LogP contribution in [0.2, 0.25) is 0 Å². The summed E-state index contributed by atoms with van der Waals surface area (Å²) in [7, 11) is 0. The van der Waals surface area contributed by atoms with Crippen LogP contribution in [0.4, 0.5) is 24.8 Å². The Balaban J connectivity index is 1.78. The van der Waals surface area contributed by atoms with Gasteiger partial charge >= 0.3 is 6.36 Å². The number of carbonyl (C=O) groups is 1. The number of anilines is 2. The van der Waals surface area contributed by atoms with Gasteiger partial charge < -0.3 is 15.8 Å². The van der Waals surface area contributed by atoms with Gasteiger partial charge in [0.2, 0.25) is 11.9 Å². The number of nitrogens with one attached hydrogen (secondary N) is 1. The van der Waals surface area contributed by atoms with E-state index in [-0.39, 0.29) is 11.7 Å². The normalized spacial score (nSPS) is 11.1. The van der Waals surface area contributed by atoms with Gasteiger partial charge in [-0.2, -0.15) is 0 Å². The maximum absolute atomic E-state index is 12.2. The molecular formula is C18H13F3N4O2. The number of benzene rings is 2. The maximum Gasteiger partial charge on any atom is 0.573 e. The molecule has 1 aromatic heterocycles. The van der Waals surface area contributed by atoms with Gasteiger partial charge in [0.25, 0.3) is 0 Å². The quantitative estimate of drug-likeness (QED) is 0.707. The Morgan fingerprint density at radius 3 is 2.48 bits per heavy atom. The predicted molar refractivity (Wildman–Crippen MR) is 92.4 cm³/mol. The minimum atomic E-state index is -4.74. The first-order valence-electron chi connectivity index (χ1n) is 7.66. The number of rotatable bonds is 5. The molecule has 0 saturated heterocycles. The van der Waals surface area contributed by atoms with Crippen molar-refractivity contribution in [2.24, 2.45) is 5.73 Å². The molecule has 27 heavy (non-hydrogen) atoms. The zero-order chi connectivity index (χ0) is 19.4. The largest absolute Gasteiger partial charge is 0.573 e. The monoisotopic (exact) mass is 374 g/mol. The molecule has 0 radical (unpaired) electrons. The first-order valence-corrected chi connectivity index (χ1v) is 7.66. The average Bonchev–Trinajstić information content (AvgIpc) is 2.62. The summed E-state index contributed by atoms with van der Waals surface area (Å²) in [5, 5.41) is 2.89. The van der Waals surface area contributed by atoms with Gasteiger partial charge in [-0.1, -0.05) is 12.1 Å². The second-order valence-corrected chi connectivity index (χ2v) is 5.41. The van der Waals surface area contributed by atoms with Crippen LogP contribution in [-0.2, 0) is 0 Å². The van der Waals surface area contributed by atoms with Crippen molar-refractivity contribution in [3.05, 3.63) is 66.4 Å². The average molecular weight is 374 g/mol. The van der Waals surface area contributed by atoms with E-state index in [1.807, 2.05) is 0 Å². The number of primary amides is 1. The van der Waals surface area contributed by atoms with Crippen LogP contribution >= 0.6 is 0 Å². The van der Waals surface area contributed by atoms with Gasteiger partial charge in [-0.3, -0.25) is 4.79 Å². The number of aromatic nitrogens is 2. The molecule has 9 heteroatoms. The molecule has 0 bridgehead atoms. The molecule has 1 heterocycles. The molecule has 3 rings (SSSR count). The number of amides is 1. The number of nitrogens with two attached hydrogens (primary N) is 1. The van der Waals surface area contributed by atoms with Crippen molar-refractivity contribution in [2.75, 3.05) is 5.32 Å². The van der Waals surface area contributed by atoms with Gasteiger partial charge in [0.15, 0.2) is 0 Å². The lowest BCUT2D eigenvalue weighted by Crippen LogP contribution is -2.17. The Kier molecular flexibility index (Phi) is 4.93. The fraction of sp³-hybridized carbons (Fsp3) is 0.0556. The molecule has 0 atom stereocenters. The molecule has 2 aromatic carbocycles. The Morgan fingerprint density at radius 2 is 1.81 bits per heavy atom. The standard InChI is InChI=1S/C18H13F3N4O2/c19-18(20,21)27-14-6-4-13(5-7-14)24-17-23-9-8-15(25-17)11-2-1-3-12(10-11)16(22)26/h1-10H,(H2,22,26)(H,23,24,25). The summed E-state index contributed by atoms with van der Waals surface area (Å²) in [6.45, 7) is 0. The van der Waals surface area contributed by atoms with Gasteiger partial charge in [-0.25, -0.2) is 9.97 Å². The fourth-order valence-corrected chi connectivity index (χ4v) is 2.28. The Labute approximate surface area is 151 Å². The first-order chi connectivity index (χ1) is 12.8. The second kappa shape index (κ2) is 7.32. The lowest BCUT2D eigenvalue weighted by atomic mass is 10.1. The third-order valence-corrected chi connectivity index (χ3v) is 3.44. The number of hydrogen-bond acceptors (Lipinski definition) is 5. The molecule has 6 nitrogen and oxygen atoms in total. The topological polar surface area (TPSA) is 90.1 Å². The maximum atomic E-state index is 12.2. The number of hydrogen-bond donors (Lipinski definition) is 2. The van der Waals surface area contributed by atoms with E-state index < -0.39 is 12.3 Å². The fourth-order valence-electron chi connectivity index (χ4n) is 2.28. The van der Waals surface area contributed by atoms with Crippen LogP contribution in [0.3, 0.4) is 0 Å². The highest BCUT2D eigenvalue weighted by Gasteiger charge is 2.30. The van der Waals surface area contributed by atoms with Crippen molar-refractivity contribution >= 4 is 17.5 Å². The van der Waals surface area contributed by atoms with E-state index in [0.717, 1.165) is 0 Å². The van der Waals surface area contributed by atoms with Gasteiger partial charge in [-0.15, -0.1) is 13.2 Å². The SMILES string of the molecule is NC(=O)c1cccc(-c2ccnc(Nc3ccc(OC(F)(F)F)cc3)n2)c1. The summed E-state index contributed by atoms with van der Waals surface area (Å²) >= 11 is 0. The highest BCUT2D eigenvalue weighted by atomic mass is 19.4. The zero-order valence-corrected chi connectivity index (χ0v) is 13.7. The number of carbonyl (C=O) groups excluding carboxylic acids is 1. The summed E-state index contributed by atoms with van der Waals surface area (Å²) < 4.78 is 40.4. The molecule has 138 valence electrons.